The van der Waals surface area contributed by atoms with Gasteiger partial charge in [0.25, 0.3) is 0 Å². The van der Waals surface area contributed by atoms with E-state index in [1.54, 1.807) is 0 Å². The molecule has 0 aliphatic heterocycles. The molecule has 0 fully saturated rings. The molecule has 1 aliphatic carbocycles. The molecule has 0 radical (unpaired) electrons. The number of rotatable bonds is 3. The molecule has 4 heteroatoms. The fourth-order valence-corrected chi connectivity index (χ4v) is 6.37. The van der Waals surface area contributed by atoms with Crippen molar-refractivity contribution < 1.29 is 0 Å². The summed E-state index contributed by atoms with van der Waals surface area (Å²) in [6.45, 7) is 0. The summed E-state index contributed by atoms with van der Waals surface area (Å²) in [5, 5.41) is 0. The lowest BCUT2D eigenvalue weighted by Crippen LogP contribution is -2.14. The van der Waals surface area contributed by atoms with Crippen LogP contribution >= 0.6 is 67.8 Å². The number of aromatic nitrogens is 1. The van der Waals surface area contributed by atoms with Gasteiger partial charge in [-0.25, -0.2) is 0 Å². The summed E-state index contributed by atoms with van der Waals surface area (Å²) in [6.07, 6.45) is 6.61. The van der Waals surface area contributed by atoms with E-state index in [0.717, 1.165) is 17.0 Å². The van der Waals surface area contributed by atoms with Crippen LogP contribution in [0.4, 0.5) is 0 Å². The van der Waals surface area contributed by atoms with E-state index in [9.17, 15) is 0 Å². The number of benzene rings is 2. The Morgan fingerprint density at radius 2 is 1.56 bits per heavy atom. The molecule has 134 valence electrons. The molecule has 2 aromatic carbocycles. The highest BCUT2D eigenvalue weighted by Crippen LogP contribution is 2.40. The summed E-state index contributed by atoms with van der Waals surface area (Å²) >= 11 is 7.36. The lowest BCUT2D eigenvalue weighted by atomic mass is 9.93. The molecular weight excluding hydrogens is 671 g/mol. The van der Waals surface area contributed by atoms with Crippen LogP contribution in [0.15, 0.2) is 88.5 Å². The highest BCUT2D eigenvalue weighted by atomic mass is 127. The molecule has 4 rings (SSSR count). The first-order valence-electron chi connectivity index (χ1n) is 8.63. The lowest BCUT2D eigenvalue weighted by Gasteiger charge is -2.23. The van der Waals surface area contributed by atoms with Crippen LogP contribution in [0.3, 0.4) is 0 Å². The highest BCUT2D eigenvalue weighted by molar-refractivity contribution is 14.1. The number of alkyl halides is 1. The molecule has 27 heavy (non-hydrogen) atoms. The molecule has 0 N–H and O–H groups in total. The molecular formula is C23H16I3N. The normalized spacial score (nSPS) is 19.0. The number of hydrogen-bond acceptors (Lipinski definition) is 1. The highest BCUT2D eigenvalue weighted by Gasteiger charge is 2.26. The molecule has 0 saturated heterocycles. The maximum Gasteiger partial charge on any atom is 0.0711 e. The van der Waals surface area contributed by atoms with E-state index in [2.05, 4.69) is 147 Å². The van der Waals surface area contributed by atoms with Gasteiger partial charge in [-0.05, 0) is 80.6 Å². The summed E-state index contributed by atoms with van der Waals surface area (Å²) in [7, 11) is 0. The van der Waals surface area contributed by atoms with Crippen LogP contribution in [0.5, 0.6) is 0 Å². The average molecular weight is 687 g/mol. The van der Waals surface area contributed by atoms with E-state index in [-0.39, 0.29) is 0 Å². The van der Waals surface area contributed by atoms with Crippen LogP contribution in [0.25, 0.3) is 22.4 Å². The fourth-order valence-electron chi connectivity index (χ4n) is 3.23. The molecule has 1 nitrogen and oxygen atoms in total. The summed E-state index contributed by atoms with van der Waals surface area (Å²) in [4.78, 5) is 5.09. The van der Waals surface area contributed by atoms with Gasteiger partial charge in [-0.3, -0.25) is 4.98 Å². The Morgan fingerprint density at radius 1 is 0.778 bits per heavy atom. The molecule has 2 unspecified atom stereocenters. The van der Waals surface area contributed by atoms with Gasteiger partial charge < -0.3 is 0 Å². The number of halogens is 3. The SMILES string of the molecule is IC1=CC=CC(I)C1c1cc(-c2cccc(I)c2)cc(-c2ccccc2)n1. The largest absolute Gasteiger partial charge is 0.252 e. The van der Waals surface area contributed by atoms with Crippen molar-refractivity contribution in [3.05, 3.63) is 97.8 Å². The number of hydrogen-bond donors (Lipinski definition) is 0. The van der Waals surface area contributed by atoms with E-state index in [0.29, 0.717) is 9.84 Å². The Bertz CT molecular complexity index is 1020. The minimum Gasteiger partial charge on any atom is -0.252 e. The van der Waals surface area contributed by atoms with Gasteiger partial charge >= 0.3 is 0 Å². The fraction of sp³-hybridized carbons (Fsp3) is 0.0870. The second-order valence-electron chi connectivity index (χ2n) is 6.40. The predicted molar refractivity (Wildman–Crippen MR) is 140 cm³/mol. The van der Waals surface area contributed by atoms with Crippen LogP contribution in [0.2, 0.25) is 0 Å². The smallest absolute Gasteiger partial charge is 0.0711 e. The van der Waals surface area contributed by atoms with E-state index in [1.807, 2.05) is 6.07 Å². The van der Waals surface area contributed by atoms with Crippen LogP contribution in [0, 0.1) is 3.57 Å². The van der Waals surface area contributed by atoms with Crippen molar-refractivity contribution in [3.8, 4) is 22.4 Å². The molecule has 0 amide bonds. The zero-order chi connectivity index (χ0) is 18.8. The Hall–Kier alpha value is -0.740. The maximum absolute atomic E-state index is 5.09. The van der Waals surface area contributed by atoms with Crippen molar-refractivity contribution in [3.63, 3.8) is 0 Å². The van der Waals surface area contributed by atoms with Crippen molar-refractivity contribution in [1.82, 2.24) is 4.98 Å². The zero-order valence-electron chi connectivity index (χ0n) is 14.3. The summed E-state index contributed by atoms with van der Waals surface area (Å²) in [6, 6.07) is 23.6. The Morgan fingerprint density at radius 3 is 2.30 bits per heavy atom. The van der Waals surface area contributed by atoms with Crippen molar-refractivity contribution in [2.24, 2.45) is 0 Å². The van der Waals surface area contributed by atoms with Gasteiger partial charge in [-0.2, -0.15) is 0 Å². The molecule has 1 aromatic heterocycles. The lowest BCUT2D eigenvalue weighted by molar-refractivity contribution is 0.847. The Balaban J connectivity index is 1.90. The zero-order valence-corrected chi connectivity index (χ0v) is 20.8. The number of pyridine rings is 1. The first kappa shape index (κ1) is 19.6. The van der Waals surface area contributed by atoms with E-state index in [1.165, 1.54) is 18.3 Å². The molecule has 1 heterocycles. The number of allylic oxidation sites excluding steroid dienone is 4. The molecule has 0 bridgehead atoms. The first-order valence-corrected chi connectivity index (χ1v) is 12.0. The minimum absolute atomic E-state index is 0.293. The van der Waals surface area contributed by atoms with Gasteiger partial charge in [0.2, 0.25) is 0 Å². The molecule has 0 saturated carbocycles. The van der Waals surface area contributed by atoms with E-state index in [4.69, 9.17) is 4.98 Å². The van der Waals surface area contributed by atoms with Gasteiger partial charge in [0.15, 0.2) is 0 Å². The maximum atomic E-state index is 5.09. The first-order chi connectivity index (χ1) is 13.1. The summed E-state index contributed by atoms with van der Waals surface area (Å²) in [5.41, 5.74) is 5.78. The standard InChI is InChI=1S/C23H16I3N/c24-18-9-4-8-16(12-18)17-13-21(15-6-2-1-3-7-15)27-22(14-17)23-19(25)10-5-11-20(23)26/h1-14,19,23H. The summed E-state index contributed by atoms with van der Waals surface area (Å²) in [5.74, 6) is 0.293. The Kier molecular flexibility index (Phi) is 6.33. The molecule has 3 aromatic rings. The topological polar surface area (TPSA) is 12.9 Å². The Labute approximate surface area is 200 Å². The van der Waals surface area contributed by atoms with Crippen molar-refractivity contribution in [1.29, 1.82) is 0 Å². The van der Waals surface area contributed by atoms with E-state index >= 15 is 0 Å². The second kappa shape index (κ2) is 8.73. The molecule has 2 atom stereocenters. The van der Waals surface area contributed by atoms with Crippen LogP contribution in [-0.2, 0) is 0 Å². The quantitative estimate of drug-likeness (QED) is 0.203. The molecule has 1 aliphatic rings. The van der Waals surface area contributed by atoms with Crippen molar-refractivity contribution in [2.75, 3.05) is 0 Å². The van der Waals surface area contributed by atoms with Crippen molar-refractivity contribution >= 4 is 67.8 Å². The van der Waals surface area contributed by atoms with Gasteiger partial charge in [-0.15, -0.1) is 0 Å². The van der Waals surface area contributed by atoms with Crippen LogP contribution < -0.4 is 0 Å². The molecule has 0 spiro atoms. The van der Waals surface area contributed by atoms with Crippen LogP contribution in [-0.4, -0.2) is 8.91 Å². The van der Waals surface area contributed by atoms with Gasteiger partial charge in [0.05, 0.1) is 11.4 Å². The average Bonchev–Trinajstić information content (AvgIpc) is 2.68. The third kappa shape index (κ3) is 4.48. The van der Waals surface area contributed by atoms with Crippen LogP contribution in [0.1, 0.15) is 11.6 Å². The minimum atomic E-state index is 0.293. The van der Waals surface area contributed by atoms with Gasteiger partial charge in [0.1, 0.15) is 0 Å². The second-order valence-corrected chi connectivity index (χ2v) is 10.3. The summed E-state index contributed by atoms with van der Waals surface area (Å²) < 4.78 is 2.98. The van der Waals surface area contributed by atoms with Crippen molar-refractivity contribution in [2.45, 2.75) is 9.84 Å². The third-order valence-electron chi connectivity index (χ3n) is 4.56. The van der Waals surface area contributed by atoms with E-state index < -0.39 is 0 Å². The third-order valence-corrected chi connectivity index (χ3v) is 7.39. The number of nitrogens with zero attached hydrogens (tertiary/aromatic N) is 1. The predicted octanol–water partition coefficient (Wildman–Crippen LogP) is 7.80. The van der Waals surface area contributed by atoms with Gasteiger partial charge in [-0.1, -0.05) is 83.3 Å². The van der Waals surface area contributed by atoms with Gasteiger partial charge in [0, 0.05) is 22.6 Å². The monoisotopic (exact) mass is 687 g/mol.